The molecule has 0 aliphatic carbocycles. The van der Waals surface area contributed by atoms with Gasteiger partial charge in [0.05, 0.1) is 11.2 Å². The Kier molecular flexibility index (Phi) is 4.12. The Balaban J connectivity index is 2.17. The number of ether oxygens (including phenoxy) is 1. The molecule has 94 valence electrons. The van der Waals surface area contributed by atoms with E-state index in [1.807, 2.05) is 6.07 Å². The Morgan fingerprint density at radius 1 is 1.22 bits per heavy atom. The molecule has 0 unspecified atom stereocenters. The number of halogens is 2. The minimum absolute atomic E-state index is 0.0265. The molecule has 1 aromatic carbocycles. The molecule has 5 heteroatoms. The molecule has 18 heavy (non-hydrogen) atoms. The van der Waals surface area contributed by atoms with Gasteiger partial charge in [0.25, 0.3) is 0 Å². The highest BCUT2D eigenvalue weighted by Gasteiger charge is 2.04. The molecule has 0 saturated heterocycles. The lowest BCUT2D eigenvalue weighted by atomic mass is 10.2. The lowest BCUT2D eigenvalue weighted by Gasteiger charge is -2.07. The predicted molar refractivity (Wildman–Crippen MR) is 68.5 cm³/mol. The van der Waals surface area contributed by atoms with Gasteiger partial charge < -0.3 is 10.5 Å². The molecule has 2 aromatic rings. The van der Waals surface area contributed by atoms with Gasteiger partial charge in [-0.05, 0) is 36.7 Å². The van der Waals surface area contributed by atoms with Crippen LogP contribution in [0.2, 0.25) is 5.02 Å². The second-order valence-corrected chi connectivity index (χ2v) is 4.15. The van der Waals surface area contributed by atoms with Gasteiger partial charge >= 0.3 is 0 Å². The van der Waals surface area contributed by atoms with E-state index in [-0.39, 0.29) is 5.02 Å². The van der Waals surface area contributed by atoms with Gasteiger partial charge in [-0.1, -0.05) is 11.6 Å². The van der Waals surface area contributed by atoms with Crippen LogP contribution < -0.4 is 10.5 Å². The van der Waals surface area contributed by atoms with E-state index < -0.39 is 5.82 Å². The van der Waals surface area contributed by atoms with E-state index >= 15 is 0 Å². The minimum Gasteiger partial charge on any atom is -0.456 e. The van der Waals surface area contributed by atoms with E-state index in [0.29, 0.717) is 18.0 Å². The monoisotopic (exact) mass is 266 g/mol. The maximum absolute atomic E-state index is 13.0. The normalized spacial score (nSPS) is 10.4. The fourth-order valence-electron chi connectivity index (χ4n) is 1.50. The van der Waals surface area contributed by atoms with Crippen molar-refractivity contribution in [3.8, 4) is 11.5 Å². The van der Waals surface area contributed by atoms with Crippen LogP contribution in [0.5, 0.6) is 11.5 Å². The first kappa shape index (κ1) is 12.8. The van der Waals surface area contributed by atoms with Crippen LogP contribution in [0.4, 0.5) is 4.39 Å². The topological polar surface area (TPSA) is 48.1 Å². The Morgan fingerprint density at radius 2 is 2.06 bits per heavy atom. The zero-order chi connectivity index (χ0) is 13.0. The molecular formula is C13H12ClFN2O. The van der Waals surface area contributed by atoms with Crippen molar-refractivity contribution in [3.63, 3.8) is 0 Å². The first-order chi connectivity index (χ1) is 8.69. The molecule has 2 rings (SSSR count). The van der Waals surface area contributed by atoms with Crippen LogP contribution >= 0.6 is 11.6 Å². The number of pyridine rings is 1. The Labute approximate surface area is 109 Å². The Bertz CT molecular complexity index is 548. The number of hydrogen-bond acceptors (Lipinski definition) is 3. The SMILES string of the molecule is NCCc1cncc(Oc2ccc(F)c(Cl)c2)c1. The molecule has 0 spiro atoms. The average molecular weight is 267 g/mol. The lowest BCUT2D eigenvalue weighted by Crippen LogP contribution is -2.03. The zero-order valence-electron chi connectivity index (χ0n) is 9.57. The van der Waals surface area contributed by atoms with Crippen LogP contribution in [0.25, 0.3) is 0 Å². The molecule has 0 radical (unpaired) electrons. The zero-order valence-corrected chi connectivity index (χ0v) is 10.3. The first-order valence-electron chi connectivity index (χ1n) is 5.46. The number of hydrogen-bond donors (Lipinski definition) is 1. The molecule has 1 aromatic heterocycles. The maximum Gasteiger partial charge on any atom is 0.145 e. The number of nitrogens with two attached hydrogens (primary N) is 1. The largest absolute Gasteiger partial charge is 0.456 e. The molecule has 1 heterocycles. The molecule has 0 saturated carbocycles. The molecular weight excluding hydrogens is 255 g/mol. The summed E-state index contributed by atoms with van der Waals surface area (Å²) in [7, 11) is 0. The van der Waals surface area contributed by atoms with Crippen LogP contribution in [0.3, 0.4) is 0 Å². The van der Waals surface area contributed by atoms with Gasteiger partial charge in [0, 0.05) is 12.3 Å². The second-order valence-electron chi connectivity index (χ2n) is 3.75. The third-order valence-corrected chi connectivity index (χ3v) is 2.62. The average Bonchev–Trinajstić information content (AvgIpc) is 2.35. The number of benzene rings is 1. The van der Waals surface area contributed by atoms with Gasteiger partial charge in [-0.2, -0.15) is 0 Å². The van der Waals surface area contributed by atoms with E-state index in [1.54, 1.807) is 12.4 Å². The Hall–Kier alpha value is -1.65. The summed E-state index contributed by atoms with van der Waals surface area (Å²) in [5.74, 6) is 0.566. The number of nitrogens with zero attached hydrogens (tertiary/aromatic N) is 1. The van der Waals surface area contributed by atoms with Crippen molar-refractivity contribution in [1.29, 1.82) is 0 Å². The van der Waals surface area contributed by atoms with Crippen molar-refractivity contribution in [2.45, 2.75) is 6.42 Å². The maximum atomic E-state index is 13.0. The van der Waals surface area contributed by atoms with Gasteiger partial charge in [-0.3, -0.25) is 4.98 Å². The molecule has 2 N–H and O–H groups in total. The predicted octanol–water partition coefficient (Wildman–Crippen LogP) is 3.17. The summed E-state index contributed by atoms with van der Waals surface area (Å²) in [5, 5.41) is 0.0265. The minimum atomic E-state index is -0.473. The molecule has 0 aliphatic heterocycles. The van der Waals surface area contributed by atoms with E-state index in [0.717, 1.165) is 12.0 Å². The van der Waals surface area contributed by atoms with Gasteiger partial charge in [0.2, 0.25) is 0 Å². The van der Waals surface area contributed by atoms with E-state index in [2.05, 4.69) is 4.98 Å². The fraction of sp³-hybridized carbons (Fsp3) is 0.154. The smallest absolute Gasteiger partial charge is 0.145 e. The van der Waals surface area contributed by atoms with Gasteiger partial charge in [0.15, 0.2) is 0 Å². The van der Waals surface area contributed by atoms with Crippen LogP contribution in [-0.2, 0) is 6.42 Å². The van der Waals surface area contributed by atoms with Crippen LogP contribution in [0.1, 0.15) is 5.56 Å². The first-order valence-corrected chi connectivity index (χ1v) is 5.84. The van der Waals surface area contributed by atoms with Crippen LogP contribution in [0, 0.1) is 5.82 Å². The van der Waals surface area contributed by atoms with Crippen molar-refractivity contribution in [1.82, 2.24) is 4.98 Å². The van der Waals surface area contributed by atoms with E-state index in [9.17, 15) is 4.39 Å². The fourth-order valence-corrected chi connectivity index (χ4v) is 1.67. The van der Waals surface area contributed by atoms with Gasteiger partial charge in [-0.15, -0.1) is 0 Å². The molecule has 0 fully saturated rings. The van der Waals surface area contributed by atoms with Crippen molar-refractivity contribution in [2.75, 3.05) is 6.54 Å². The third-order valence-electron chi connectivity index (χ3n) is 2.33. The number of rotatable bonds is 4. The highest BCUT2D eigenvalue weighted by Crippen LogP contribution is 2.26. The van der Waals surface area contributed by atoms with Crippen molar-refractivity contribution in [2.24, 2.45) is 5.73 Å². The van der Waals surface area contributed by atoms with Crippen molar-refractivity contribution in [3.05, 3.63) is 53.1 Å². The third kappa shape index (κ3) is 3.18. The standard InChI is InChI=1S/C13H12ClFN2O/c14-12-6-10(1-2-13(12)15)18-11-5-9(3-4-16)7-17-8-11/h1-2,5-8H,3-4,16H2. The summed E-state index contributed by atoms with van der Waals surface area (Å²) in [6.07, 6.45) is 4.04. The quantitative estimate of drug-likeness (QED) is 0.925. The van der Waals surface area contributed by atoms with Gasteiger partial charge in [0.1, 0.15) is 17.3 Å². The second kappa shape index (κ2) is 5.80. The Morgan fingerprint density at radius 3 is 2.78 bits per heavy atom. The van der Waals surface area contributed by atoms with Crippen molar-refractivity contribution >= 4 is 11.6 Å². The molecule has 3 nitrogen and oxygen atoms in total. The summed E-state index contributed by atoms with van der Waals surface area (Å²) in [4.78, 5) is 4.05. The number of aromatic nitrogens is 1. The van der Waals surface area contributed by atoms with E-state index in [1.165, 1.54) is 18.2 Å². The highest BCUT2D eigenvalue weighted by molar-refractivity contribution is 6.30. The highest BCUT2D eigenvalue weighted by atomic mass is 35.5. The molecule has 0 amide bonds. The summed E-state index contributed by atoms with van der Waals surface area (Å²) >= 11 is 5.67. The lowest BCUT2D eigenvalue weighted by molar-refractivity contribution is 0.477. The molecule has 0 atom stereocenters. The summed E-state index contributed by atoms with van der Waals surface area (Å²) in [5.41, 5.74) is 6.46. The van der Waals surface area contributed by atoms with Crippen molar-refractivity contribution < 1.29 is 9.13 Å². The van der Waals surface area contributed by atoms with Crippen LogP contribution in [0.15, 0.2) is 36.7 Å². The summed E-state index contributed by atoms with van der Waals surface area (Å²) < 4.78 is 18.5. The summed E-state index contributed by atoms with van der Waals surface area (Å²) in [6.45, 7) is 0.549. The van der Waals surface area contributed by atoms with Gasteiger partial charge in [-0.25, -0.2) is 4.39 Å². The van der Waals surface area contributed by atoms with E-state index in [4.69, 9.17) is 22.1 Å². The summed E-state index contributed by atoms with van der Waals surface area (Å²) in [6, 6.07) is 6.04. The van der Waals surface area contributed by atoms with Crippen LogP contribution in [-0.4, -0.2) is 11.5 Å². The molecule has 0 bridgehead atoms. The molecule has 0 aliphatic rings.